The first kappa shape index (κ1) is 86.7. The largest absolute Gasteiger partial charge is 0.396 e. The second-order valence-electron chi connectivity index (χ2n) is 39.1. The number of hydrogen-bond acceptors (Lipinski definition) is 1. The van der Waals surface area contributed by atoms with E-state index in [0.717, 1.165) is 77.4 Å². The molecule has 1 N–H and O–H groups in total. The van der Waals surface area contributed by atoms with Gasteiger partial charge in [-0.3, -0.25) is 0 Å². The van der Waals surface area contributed by atoms with Gasteiger partial charge in [0.2, 0.25) is 0 Å². The Morgan fingerprint density at radius 2 is 1.03 bits per heavy atom. The Balaban J connectivity index is 0.000000391. The quantitative estimate of drug-likeness (QED) is 0.0951. The lowest BCUT2D eigenvalue weighted by Crippen LogP contribution is -2.41. The van der Waals surface area contributed by atoms with Gasteiger partial charge in [0.1, 0.15) is 0 Å². The fourth-order valence-corrected chi connectivity index (χ4v) is 21.4. The predicted octanol–water partition coefficient (Wildman–Crippen LogP) is 29.8. The molecule has 0 heterocycles. The normalized spacial score (nSPS) is 37.8. The van der Waals surface area contributed by atoms with Crippen LogP contribution in [0.15, 0.2) is 36.0 Å². The molecule has 538 valence electrons. The molecule has 7 aliphatic carbocycles. The van der Waals surface area contributed by atoms with Crippen LogP contribution >= 0.6 is 15.9 Å². The van der Waals surface area contributed by atoms with Crippen LogP contribution in [0.1, 0.15) is 389 Å². The van der Waals surface area contributed by atoms with Crippen LogP contribution in [0.3, 0.4) is 0 Å². The minimum absolute atomic E-state index is 0.283. The third kappa shape index (κ3) is 19.8. The molecule has 91 heavy (non-hydrogen) atoms. The van der Waals surface area contributed by atoms with Crippen molar-refractivity contribution in [2.75, 3.05) is 11.9 Å². The molecule has 2 heteroatoms. The lowest BCUT2D eigenvalue weighted by molar-refractivity contribution is 0.0116. The third-order valence-corrected chi connectivity index (χ3v) is 33.8. The maximum absolute atomic E-state index is 9.49. The zero-order chi connectivity index (χ0) is 70.4. The van der Waals surface area contributed by atoms with E-state index in [0.29, 0.717) is 65.5 Å². The minimum atomic E-state index is 0.283. The van der Waals surface area contributed by atoms with Crippen LogP contribution in [-0.4, -0.2) is 17.0 Å². The fraction of sp³-hybridized carbons (Fsp3) is 0.933. The number of allylic oxidation sites excluding steroid dienone is 4. The van der Waals surface area contributed by atoms with Crippen molar-refractivity contribution in [1.29, 1.82) is 0 Å². The molecule has 0 aromatic carbocycles. The standard InChI is InChI=1S/C27H46O.C18H35Br.C12H24.2C11H22.C10H20/c1-8-26(6)19-22(13-14-23(26)17-18-28)25-16-15-24(27(25,7)9-2)21(5)12-10-11-20(3)4;1-14(2)8-7-9-16(4)18(12-13-19)11-10-15(3)17(18,5)6;1-6-8-12(5)9-7-10(2)11(12,3)4;2*1-6-11(5)8-7-9(2)10(11,3)4;1-8-6-7-9(2,3)10(8,4)5/h10,12,14,21-22,24-25,28H,3,8-9,11,13,15-19H2,1-2,4-7H3;14-16H,7-13H2,1-6H3;10H,6-9H2,1-5H3;2*9H,6-8H2,1-5H3;8H,6-7H2,1-5H3/b12-10+;;;;;/t21-,22-,24-,25+,26-,27-;15?,16-,18?;10?,12-;2*9?,11-;/m11110./s1. The van der Waals surface area contributed by atoms with Gasteiger partial charge in [0, 0.05) is 11.9 Å². The molecule has 0 aromatic rings. The first-order valence-electron chi connectivity index (χ1n) is 39.9. The Kier molecular flexibility index (Phi) is 33.5. The van der Waals surface area contributed by atoms with E-state index in [2.05, 4.69) is 262 Å². The van der Waals surface area contributed by atoms with Gasteiger partial charge < -0.3 is 5.11 Å². The number of hydrogen-bond donors (Lipinski definition) is 1. The van der Waals surface area contributed by atoms with Crippen molar-refractivity contribution in [2.45, 2.75) is 389 Å². The van der Waals surface area contributed by atoms with Crippen LogP contribution in [0.2, 0.25) is 0 Å². The Labute approximate surface area is 583 Å². The minimum Gasteiger partial charge on any atom is -0.396 e. The molecule has 0 bridgehead atoms. The summed E-state index contributed by atoms with van der Waals surface area (Å²) in [5.74, 6) is 9.30. The zero-order valence-electron chi connectivity index (χ0n) is 68.4. The molecule has 1 nitrogen and oxygen atoms in total. The molecule has 16 atom stereocenters. The summed E-state index contributed by atoms with van der Waals surface area (Å²) in [6, 6.07) is 0. The van der Waals surface area contributed by atoms with Crippen LogP contribution in [0.25, 0.3) is 0 Å². The van der Waals surface area contributed by atoms with Crippen LogP contribution in [-0.2, 0) is 0 Å². The average Bonchev–Trinajstić information content (AvgIpc) is 1.70. The van der Waals surface area contributed by atoms with E-state index in [1.54, 1.807) is 0 Å². The molecule has 0 aromatic heterocycles. The highest BCUT2D eigenvalue weighted by atomic mass is 79.9. The van der Waals surface area contributed by atoms with Gasteiger partial charge >= 0.3 is 0 Å². The monoisotopic (exact) mass is 1330 g/mol. The van der Waals surface area contributed by atoms with Gasteiger partial charge in [-0.1, -0.05) is 311 Å². The number of aliphatic hydroxyl groups excluding tert-OH is 1. The SMILES string of the molecule is C=C(C)C/C=C/[C@@H](C)[C@H]1CC[C@@H]([C@@H]2CC=C(CCO)[C@](C)(CC)C2)[C@]1(C)CC.CC(C)CCC[C@@H](C)C1(CCBr)CCC(C)C1(C)C.CC1CCC(C)(C)C1(C)C.CCC[C@]1(C)CCC(C)C1(C)C.CC[C@@]1(C)CCC(C)C1(C)C.CC[C@]1(C)CCC(C)C1(C)C. The summed E-state index contributed by atoms with van der Waals surface area (Å²) in [4.78, 5) is 0. The van der Waals surface area contributed by atoms with Gasteiger partial charge in [-0.2, -0.15) is 0 Å². The lowest BCUT2D eigenvalue weighted by atomic mass is 9.57. The molecule has 0 radical (unpaired) electrons. The first-order valence-corrected chi connectivity index (χ1v) is 41.0. The van der Waals surface area contributed by atoms with Gasteiger partial charge in [0.05, 0.1) is 0 Å². The molecule has 6 unspecified atom stereocenters. The molecule has 7 rings (SSSR count). The van der Waals surface area contributed by atoms with Crippen molar-refractivity contribution in [3.05, 3.63) is 36.0 Å². The summed E-state index contributed by atoms with van der Waals surface area (Å²) in [7, 11) is 0. The summed E-state index contributed by atoms with van der Waals surface area (Å²) < 4.78 is 0. The second kappa shape index (κ2) is 35.1. The number of halogens is 1. The Hall–Kier alpha value is -0.340. The lowest BCUT2D eigenvalue weighted by Gasteiger charge is -2.48. The van der Waals surface area contributed by atoms with Crippen molar-refractivity contribution in [3.63, 3.8) is 0 Å². The van der Waals surface area contributed by atoms with E-state index < -0.39 is 0 Å². The van der Waals surface area contributed by atoms with E-state index in [4.69, 9.17) is 0 Å². The molecule has 0 saturated heterocycles. The molecule has 0 amide bonds. The summed E-state index contributed by atoms with van der Waals surface area (Å²) in [6.45, 7) is 81.7. The topological polar surface area (TPSA) is 20.2 Å². The zero-order valence-corrected chi connectivity index (χ0v) is 70.0. The van der Waals surface area contributed by atoms with Gasteiger partial charge in [0.25, 0.3) is 0 Å². The summed E-state index contributed by atoms with van der Waals surface area (Å²) >= 11 is 3.73. The van der Waals surface area contributed by atoms with Gasteiger partial charge in [-0.05, 0) is 259 Å². The van der Waals surface area contributed by atoms with E-state index in [-0.39, 0.29) is 12.0 Å². The maximum Gasteiger partial charge on any atom is 0.0468 e. The molecule has 6 saturated carbocycles. The molecule has 0 aliphatic heterocycles. The Morgan fingerprint density at radius 1 is 0.571 bits per heavy atom. The van der Waals surface area contributed by atoms with Crippen molar-refractivity contribution < 1.29 is 5.11 Å². The second-order valence-corrected chi connectivity index (χ2v) is 39.9. The first-order chi connectivity index (χ1) is 41.7. The fourth-order valence-electron chi connectivity index (χ4n) is 20.7. The van der Waals surface area contributed by atoms with Gasteiger partial charge in [-0.15, -0.1) is 0 Å². The molecule has 6 fully saturated rings. The van der Waals surface area contributed by atoms with E-state index >= 15 is 0 Å². The van der Waals surface area contributed by atoms with Gasteiger partial charge in [0.15, 0.2) is 0 Å². The highest BCUT2D eigenvalue weighted by Gasteiger charge is 2.56. The van der Waals surface area contributed by atoms with Gasteiger partial charge in [-0.25, -0.2) is 0 Å². The number of aliphatic hydroxyl groups is 1. The van der Waals surface area contributed by atoms with Crippen LogP contribution in [0, 0.1) is 130 Å². The average molecular weight is 1340 g/mol. The number of alkyl halides is 1. The molecule has 7 aliphatic rings. The number of rotatable bonds is 20. The Bertz CT molecular complexity index is 2130. The highest BCUT2D eigenvalue weighted by molar-refractivity contribution is 9.09. The summed E-state index contributed by atoms with van der Waals surface area (Å²) in [6.07, 6.45) is 42.2. The van der Waals surface area contributed by atoms with E-state index in [9.17, 15) is 5.11 Å². The Morgan fingerprint density at radius 3 is 1.36 bits per heavy atom. The molecule has 0 spiro atoms. The van der Waals surface area contributed by atoms with Crippen molar-refractivity contribution in [1.82, 2.24) is 0 Å². The van der Waals surface area contributed by atoms with Crippen LogP contribution < -0.4 is 0 Å². The third-order valence-electron chi connectivity index (χ3n) is 33.4. The summed E-state index contributed by atoms with van der Waals surface area (Å²) in [5.41, 5.74) is 9.15. The van der Waals surface area contributed by atoms with Crippen molar-refractivity contribution >= 4 is 15.9 Å². The molecular formula is C89H169BrO. The highest BCUT2D eigenvalue weighted by Crippen LogP contribution is 2.64. The van der Waals surface area contributed by atoms with Crippen molar-refractivity contribution in [2.24, 2.45) is 130 Å². The summed E-state index contributed by atoms with van der Waals surface area (Å²) in [5, 5.41) is 10.7. The predicted molar refractivity (Wildman–Crippen MR) is 416 cm³/mol. The van der Waals surface area contributed by atoms with E-state index in [1.165, 1.54) is 165 Å². The van der Waals surface area contributed by atoms with Crippen LogP contribution in [0.5, 0.6) is 0 Å². The maximum atomic E-state index is 9.49. The van der Waals surface area contributed by atoms with Crippen molar-refractivity contribution in [3.8, 4) is 0 Å². The van der Waals surface area contributed by atoms with Crippen LogP contribution in [0.4, 0.5) is 0 Å². The van der Waals surface area contributed by atoms with E-state index in [1.807, 2.05) is 0 Å². The smallest absolute Gasteiger partial charge is 0.0468 e. The molecular weight excluding hydrogens is 1160 g/mol.